The fourth-order valence-corrected chi connectivity index (χ4v) is 1.41. The summed E-state index contributed by atoms with van der Waals surface area (Å²) in [4.78, 5) is 9.95. The van der Waals surface area contributed by atoms with Crippen LogP contribution in [0, 0.1) is 10.1 Å². The molecule has 0 fully saturated rings. The molecule has 0 aromatic heterocycles. The minimum atomic E-state index is -0.938. The number of non-ortho nitro benzene ring substituents is 1. The maximum absolute atomic E-state index is 10.4. The lowest BCUT2D eigenvalue weighted by atomic mass is 10.2. The Bertz CT molecular complexity index is 338. The molecule has 0 saturated carbocycles. The summed E-state index contributed by atoms with van der Waals surface area (Å²) in [5.41, 5.74) is 0.602. The van der Waals surface area contributed by atoms with Crippen LogP contribution >= 0.6 is 43.5 Å². The fraction of sp³-hybridized carbons (Fsp3) is 0.143. The zero-order chi connectivity index (χ0) is 10.1. The van der Waals surface area contributed by atoms with Crippen molar-refractivity contribution in [1.82, 2.24) is 0 Å². The van der Waals surface area contributed by atoms with E-state index in [0.717, 1.165) is 0 Å². The number of nitro benzene ring substituents is 1. The number of halogens is 3. The number of nitrogens with zero attached hydrogens (tertiary/aromatic N) is 1. The van der Waals surface area contributed by atoms with Gasteiger partial charge in [0.2, 0.25) is 0 Å². The van der Waals surface area contributed by atoms with Gasteiger partial charge in [0.15, 0.2) is 2.69 Å². The lowest BCUT2D eigenvalue weighted by Gasteiger charge is -2.10. The molecule has 0 atom stereocenters. The van der Waals surface area contributed by atoms with Crippen LogP contribution in [0.1, 0.15) is 5.56 Å². The van der Waals surface area contributed by atoms with E-state index in [9.17, 15) is 10.1 Å². The molecule has 1 aromatic carbocycles. The van der Waals surface area contributed by atoms with Gasteiger partial charge in [-0.1, -0.05) is 23.7 Å². The van der Waals surface area contributed by atoms with E-state index in [-0.39, 0.29) is 5.69 Å². The number of hydrogen-bond acceptors (Lipinski definition) is 2. The van der Waals surface area contributed by atoms with E-state index in [0.29, 0.717) is 5.56 Å². The Kier molecular flexibility index (Phi) is 3.32. The Morgan fingerprint density at radius 1 is 1.46 bits per heavy atom. The maximum atomic E-state index is 10.4. The monoisotopic (exact) mass is 327 g/mol. The topological polar surface area (TPSA) is 43.1 Å². The van der Waals surface area contributed by atoms with Crippen molar-refractivity contribution in [2.24, 2.45) is 0 Å². The van der Waals surface area contributed by atoms with E-state index in [2.05, 4.69) is 31.9 Å². The summed E-state index contributed by atoms with van der Waals surface area (Å²) in [5.74, 6) is 0. The molecule has 0 heterocycles. The Labute approximate surface area is 96.5 Å². The summed E-state index contributed by atoms with van der Waals surface area (Å²) in [7, 11) is 0. The third kappa shape index (κ3) is 2.93. The highest BCUT2D eigenvalue weighted by molar-refractivity contribution is 9.25. The van der Waals surface area contributed by atoms with Crippen LogP contribution in [-0.2, 0) is 2.69 Å². The molecule has 0 bridgehead atoms. The predicted molar refractivity (Wildman–Crippen MR) is 58.5 cm³/mol. The van der Waals surface area contributed by atoms with Gasteiger partial charge in [0, 0.05) is 17.7 Å². The lowest BCUT2D eigenvalue weighted by molar-refractivity contribution is -0.384. The summed E-state index contributed by atoms with van der Waals surface area (Å²) < 4.78 is -0.938. The van der Waals surface area contributed by atoms with Crippen molar-refractivity contribution in [1.29, 1.82) is 0 Å². The van der Waals surface area contributed by atoms with E-state index in [1.54, 1.807) is 12.1 Å². The van der Waals surface area contributed by atoms with Crippen molar-refractivity contribution in [2.75, 3.05) is 0 Å². The molecular weight excluding hydrogens is 325 g/mol. The first-order chi connectivity index (χ1) is 5.91. The molecule has 70 valence electrons. The Hall–Kier alpha value is -0.130. The second kappa shape index (κ2) is 3.94. The van der Waals surface area contributed by atoms with Gasteiger partial charge in [0.25, 0.3) is 5.69 Å². The third-order valence-electron chi connectivity index (χ3n) is 1.38. The quantitative estimate of drug-likeness (QED) is 0.471. The minimum Gasteiger partial charge on any atom is -0.258 e. The van der Waals surface area contributed by atoms with Crippen molar-refractivity contribution >= 4 is 49.1 Å². The highest BCUT2D eigenvalue weighted by Gasteiger charge is 2.23. The average Bonchev–Trinajstić information content (AvgIpc) is 2.03. The van der Waals surface area contributed by atoms with Crippen molar-refractivity contribution < 1.29 is 4.92 Å². The maximum Gasteiger partial charge on any atom is 0.269 e. The minimum absolute atomic E-state index is 0.0152. The first kappa shape index (κ1) is 10.9. The van der Waals surface area contributed by atoms with Crippen LogP contribution in [0.15, 0.2) is 24.3 Å². The van der Waals surface area contributed by atoms with Crippen LogP contribution in [0.3, 0.4) is 0 Å². The third-order valence-corrected chi connectivity index (χ3v) is 2.52. The lowest BCUT2D eigenvalue weighted by Crippen LogP contribution is -1.99. The molecule has 0 amide bonds. The Balaban J connectivity index is 3.13. The fourth-order valence-electron chi connectivity index (χ4n) is 0.796. The molecule has 0 N–H and O–H groups in total. The normalized spacial score (nSPS) is 11.3. The summed E-state index contributed by atoms with van der Waals surface area (Å²) in [6.45, 7) is 0. The number of hydrogen-bond donors (Lipinski definition) is 0. The van der Waals surface area contributed by atoms with E-state index in [1.807, 2.05) is 0 Å². The van der Waals surface area contributed by atoms with Gasteiger partial charge < -0.3 is 0 Å². The van der Waals surface area contributed by atoms with Gasteiger partial charge in [-0.2, -0.15) is 0 Å². The van der Waals surface area contributed by atoms with Crippen molar-refractivity contribution in [3.05, 3.63) is 39.9 Å². The summed E-state index contributed by atoms with van der Waals surface area (Å²) in [5, 5.41) is 10.4. The summed E-state index contributed by atoms with van der Waals surface area (Å²) in [6, 6.07) is 6.07. The Morgan fingerprint density at radius 3 is 2.54 bits per heavy atom. The van der Waals surface area contributed by atoms with Crippen molar-refractivity contribution in [3.63, 3.8) is 0 Å². The molecule has 6 heteroatoms. The number of alkyl halides is 3. The van der Waals surface area contributed by atoms with Gasteiger partial charge in [-0.25, -0.2) is 0 Å². The van der Waals surface area contributed by atoms with Gasteiger partial charge in [0.1, 0.15) is 0 Å². The molecule has 0 unspecified atom stereocenters. The average molecular weight is 329 g/mol. The molecular formula is C7H4Br2ClNO2. The molecule has 3 nitrogen and oxygen atoms in total. The van der Waals surface area contributed by atoms with Crippen LogP contribution in [-0.4, -0.2) is 4.92 Å². The van der Waals surface area contributed by atoms with E-state index < -0.39 is 7.62 Å². The predicted octanol–water partition coefficient (Wildman–Crippen LogP) is 3.73. The second-order valence-corrected chi connectivity index (χ2v) is 7.23. The van der Waals surface area contributed by atoms with E-state index in [4.69, 9.17) is 11.6 Å². The zero-order valence-corrected chi connectivity index (χ0v) is 10.1. The second-order valence-electron chi connectivity index (χ2n) is 2.31. The zero-order valence-electron chi connectivity index (χ0n) is 6.21. The van der Waals surface area contributed by atoms with Gasteiger partial charge in [-0.15, -0.1) is 0 Å². The molecule has 1 rings (SSSR count). The number of benzene rings is 1. The summed E-state index contributed by atoms with van der Waals surface area (Å²) >= 11 is 12.1. The van der Waals surface area contributed by atoms with Gasteiger partial charge in [-0.3, -0.25) is 10.1 Å². The smallest absolute Gasteiger partial charge is 0.258 e. The molecule has 0 saturated heterocycles. The first-order valence-corrected chi connectivity index (χ1v) is 5.19. The number of rotatable bonds is 2. The summed E-state index contributed by atoms with van der Waals surface area (Å²) in [6.07, 6.45) is 0. The van der Waals surface area contributed by atoms with E-state index in [1.165, 1.54) is 12.1 Å². The highest BCUT2D eigenvalue weighted by Crippen LogP contribution is 2.42. The van der Waals surface area contributed by atoms with E-state index >= 15 is 0 Å². The molecule has 13 heavy (non-hydrogen) atoms. The molecule has 0 radical (unpaired) electrons. The van der Waals surface area contributed by atoms with Crippen LogP contribution in [0.5, 0.6) is 0 Å². The number of nitro groups is 1. The largest absolute Gasteiger partial charge is 0.269 e. The highest BCUT2D eigenvalue weighted by atomic mass is 79.9. The van der Waals surface area contributed by atoms with Crippen molar-refractivity contribution in [3.8, 4) is 0 Å². The molecule has 0 aliphatic rings. The van der Waals surface area contributed by atoms with Gasteiger partial charge >= 0.3 is 0 Å². The van der Waals surface area contributed by atoms with Crippen molar-refractivity contribution in [2.45, 2.75) is 2.69 Å². The molecule has 0 aliphatic heterocycles. The van der Waals surface area contributed by atoms with Crippen LogP contribution < -0.4 is 0 Å². The van der Waals surface area contributed by atoms with Gasteiger partial charge in [0.05, 0.1) is 4.92 Å². The van der Waals surface area contributed by atoms with Crippen LogP contribution in [0.2, 0.25) is 0 Å². The molecule has 0 aliphatic carbocycles. The standard InChI is InChI=1S/C7H4Br2ClNO2/c8-7(9,10)5-2-1-3-6(4-5)11(12)13/h1-4H. The SMILES string of the molecule is O=[N+]([O-])c1cccc(C(Cl)(Br)Br)c1. The molecule has 1 aromatic rings. The van der Waals surface area contributed by atoms with Gasteiger partial charge in [-0.05, 0) is 31.9 Å². The molecule has 0 spiro atoms. The van der Waals surface area contributed by atoms with Crippen LogP contribution in [0.25, 0.3) is 0 Å². The Morgan fingerprint density at radius 2 is 2.08 bits per heavy atom. The first-order valence-electron chi connectivity index (χ1n) is 3.23. The van der Waals surface area contributed by atoms with Crippen LogP contribution in [0.4, 0.5) is 5.69 Å².